The van der Waals surface area contributed by atoms with Crippen LogP contribution in [0.15, 0.2) is 58.3 Å². The summed E-state index contributed by atoms with van der Waals surface area (Å²) in [5, 5.41) is 17.5. The van der Waals surface area contributed by atoms with Gasteiger partial charge < -0.3 is 19.7 Å². The Morgan fingerprint density at radius 1 is 0.762 bits per heavy atom. The van der Waals surface area contributed by atoms with Crippen LogP contribution in [0.3, 0.4) is 0 Å². The van der Waals surface area contributed by atoms with Crippen LogP contribution >= 0.6 is 11.8 Å². The number of hydrogen-bond donors (Lipinski definition) is 2. The summed E-state index contributed by atoms with van der Waals surface area (Å²) in [6, 6.07) is 15.4. The normalized spacial score (nSPS) is 10.4. The molecule has 0 aromatic heterocycles. The van der Waals surface area contributed by atoms with Gasteiger partial charge in [0.2, 0.25) is 0 Å². The van der Waals surface area contributed by atoms with Crippen molar-refractivity contribution in [3.8, 4) is 11.5 Å². The van der Waals surface area contributed by atoms with E-state index in [1.807, 2.05) is 48.5 Å². The van der Waals surface area contributed by atoms with Gasteiger partial charge in [0, 0.05) is 9.79 Å². The number of aliphatic hydroxyl groups excluding tert-OH is 2. The standard InChI is InChI=1S/C16H18O4S/c17-7-9-19-13-3-1-5-15(11-13)21-16-6-2-4-14(12-16)20-10-8-18/h1-6,11-12,17-18H,7-10H2. The topological polar surface area (TPSA) is 58.9 Å². The third-order valence-corrected chi connectivity index (χ3v) is 3.55. The molecule has 0 fully saturated rings. The molecule has 5 heteroatoms. The molecule has 0 radical (unpaired) electrons. The maximum Gasteiger partial charge on any atom is 0.120 e. The minimum atomic E-state index is 0.00160. The first-order chi connectivity index (χ1) is 10.3. The Kier molecular flexibility index (Phi) is 6.40. The van der Waals surface area contributed by atoms with Gasteiger partial charge >= 0.3 is 0 Å². The van der Waals surface area contributed by atoms with Gasteiger partial charge in [0.25, 0.3) is 0 Å². The Labute approximate surface area is 128 Å². The second-order valence-corrected chi connectivity index (χ2v) is 5.34. The highest BCUT2D eigenvalue weighted by atomic mass is 32.2. The highest BCUT2D eigenvalue weighted by Crippen LogP contribution is 2.31. The molecule has 0 spiro atoms. The van der Waals surface area contributed by atoms with Crippen LogP contribution < -0.4 is 9.47 Å². The smallest absolute Gasteiger partial charge is 0.120 e. The van der Waals surface area contributed by atoms with E-state index in [1.54, 1.807) is 11.8 Å². The number of hydrogen-bond acceptors (Lipinski definition) is 5. The Bertz CT molecular complexity index is 510. The van der Waals surface area contributed by atoms with Crippen LogP contribution in [0.1, 0.15) is 0 Å². The molecule has 0 amide bonds. The Morgan fingerprint density at radius 2 is 1.24 bits per heavy atom. The fourth-order valence-corrected chi connectivity index (χ4v) is 2.63. The predicted octanol–water partition coefficient (Wildman–Crippen LogP) is 2.58. The van der Waals surface area contributed by atoms with Crippen LogP contribution in [-0.2, 0) is 0 Å². The van der Waals surface area contributed by atoms with Gasteiger partial charge in [-0.2, -0.15) is 0 Å². The molecule has 0 saturated heterocycles. The quantitative estimate of drug-likeness (QED) is 0.785. The molecule has 0 bridgehead atoms. The van der Waals surface area contributed by atoms with Crippen molar-refractivity contribution in [3.63, 3.8) is 0 Å². The maximum atomic E-state index is 8.77. The Balaban J connectivity index is 2.03. The Morgan fingerprint density at radius 3 is 1.67 bits per heavy atom. The van der Waals surface area contributed by atoms with Gasteiger partial charge in [-0.25, -0.2) is 0 Å². The van der Waals surface area contributed by atoms with E-state index >= 15 is 0 Å². The fraction of sp³-hybridized carbons (Fsp3) is 0.250. The Hall–Kier alpha value is -1.69. The molecule has 0 aliphatic carbocycles. The van der Waals surface area contributed by atoms with Crippen molar-refractivity contribution < 1.29 is 19.7 Å². The summed E-state index contributed by atoms with van der Waals surface area (Å²) in [6.45, 7) is 0.584. The molecule has 112 valence electrons. The summed E-state index contributed by atoms with van der Waals surface area (Å²) in [7, 11) is 0. The lowest BCUT2D eigenvalue weighted by molar-refractivity contribution is 0.201. The number of aliphatic hydroxyl groups is 2. The van der Waals surface area contributed by atoms with Crippen molar-refractivity contribution >= 4 is 11.8 Å². The summed E-state index contributed by atoms with van der Waals surface area (Å²) in [6.07, 6.45) is 0. The van der Waals surface area contributed by atoms with Crippen molar-refractivity contribution in [2.45, 2.75) is 9.79 Å². The van der Waals surface area contributed by atoms with Crippen LogP contribution in [0.25, 0.3) is 0 Å². The molecule has 4 nitrogen and oxygen atoms in total. The number of benzene rings is 2. The van der Waals surface area contributed by atoms with Crippen LogP contribution in [0.4, 0.5) is 0 Å². The molecule has 2 N–H and O–H groups in total. The van der Waals surface area contributed by atoms with Crippen molar-refractivity contribution in [1.82, 2.24) is 0 Å². The number of ether oxygens (including phenoxy) is 2. The molecule has 0 unspecified atom stereocenters. The van der Waals surface area contributed by atoms with Crippen molar-refractivity contribution in [2.75, 3.05) is 26.4 Å². The maximum absolute atomic E-state index is 8.77. The monoisotopic (exact) mass is 306 g/mol. The van der Waals surface area contributed by atoms with Crippen molar-refractivity contribution in [1.29, 1.82) is 0 Å². The van der Waals surface area contributed by atoms with Crippen LogP contribution in [-0.4, -0.2) is 36.6 Å². The summed E-state index contributed by atoms with van der Waals surface area (Å²) >= 11 is 1.60. The first-order valence-electron chi connectivity index (χ1n) is 6.67. The molecule has 2 aromatic carbocycles. The van der Waals surface area contributed by atoms with E-state index in [-0.39, 0.29) is 13.2 Å². The third kappa shape index (κ3) is 5.30. The highest BCUT2D eigenvalue weighted by Gasteiger charge is 2.02. The molecule has 0 aliphatic heterocycles. The molecule has 21 heavy (non-hydrogen) atoms. The highest BCUT2D eigenvalue weighted by molar-refractivity contribution is 7.99. The van der Waals surface area contributed by atoms with E-state index in [0.717, 1.165) is 21.3 Å². The summed E-state index contributed by atoms with van der Waals surface area (Å²) in [4.78, 5) is 2.09. The van der Waals surface area contributed by atoms with Crippen molar-refractivity contribution in [2.24, 2.45) is 0 Å². The largest absolute Gasteiger partial charge is 0.491 e. The third-order valence-electron chi connectivity index (χ3n) is 2.57. The van der Waals surface area contributed by atoms with E-state index in [1.165, 1.54) is 0 Å². The van der Waals surface area contributed by atoms with E-state index in [0.29, 0.717) is 13.2 Å². The molecular weight excluding hydrogens is 288 g/mol. The SMILES string of the molecule is OCCOc1cccc(Sc2cccc(OCCO)c2)c1. The zero-order valence-electron chi connectivity index (χ0n) is 11.6. The molecular formula is C16H18O4S. The van der Waals surface area contributed by atoms with Crippen LogP contribution in [0.2, 0.25) is 0 Å². The number of rotatable bonds is 8. The van der Waals surface area contributed by atoms with Crippen LogP contribution in [0, 0.1) is 0 Å². The second-order valence-electron chi connectivity index (χ2n) is 4.20. The average molecular weight is 306 g/mol. The zero-order valence-corrected chi connectivity index (χ0v) is 12.4. The lowest BCUT2D eigenvalue weighted by atomic mass is 10.3. The minimum Gasteiger partial charge on any atom is -0.491 e. The van der Waals surface area contributed by atoms with Crippen molar-refractivity contribution in [3.05, 3.63) is 48.5 Å². The van der Waals surface area contributed by atoms with E-state index in [2.05, 4.69) is 0 Å². The van der Waals surface area contributed by atoms with E-state index in [4.69, 9.17) is 19.7 Å². The molecule has 2 aromatic rings. The zero-order chi connectivity index (χ0) is 14.9. The average Bonchev–Trinajstić information content (AvgIpc) is 2.52. The minimum absolute atomic E-state index is 0.00160. The van der Waals surface area contributed by atoms with Gasteiger partial charge in [0.1, 0.15) is 24.7 Å². The van der Waals surface area contributed by atoms with Crippen LogP contribution in [0.5, 0.6) is 11.5 Å². The fourth-order valence-electron chi connectivity index (χ4n) is 1.72. The first-order valence-corrected chi connectivity index (χ1v) is 7.49. The molecule has 0 aliphatic rings. The summed E-state index contributed by atoms with van der Waals surface area (Å²) in [5.74, 6) is 1.48. The summed E-state index contributed by atoms with van der Waals surface area (Å²) < 4.78 is 10.8. The lowest BCUT2D eigenvalue weighted by Gasteiger charge is -2.08. The predicted molar refractivity (Wildman–Crippen MR) is 82.2 cm³/mol. The van der Waals surface area contributed by atoms with E-state index < -0.39 is 0 Å². The van der Waals surface area contributed by atoms with Gasteiger partial charge in [-0.1, -0.05) is 23.9 Å². The lowest BCUT2D eigenvalue weighted by Crippen LogP contribution is -2.01. The van der Waals surface area contributed by atoms with Gasteiger partial charge in [-0.3, -0.25) is 0 Å². The molecule has 0 saturated carbocycles. The van der Waals surface area contributed by atoms with Gasteiger partial charge in [-0.05, 0) is 36.4 Å². The first kappa shape index (κ1) is 15.7. The molecule has 0 atom stereocenters. The molecule has 2 rings (SSSR count). The summed E-state index contributed by atoms with van der Waals surface area (Å²) in [5.41, 5.74) is 0. The second kappa shape index (κ2) is 8.56. The molecule has 0 heterocycles. The van der Waals surface area contributed by atoms with E-state index in [9.17, 15) is 0 Å². The van der Waals surface area contributed by atoms with Gasteiger partial charge in [0.05, 0.1) is 13.2 Å². The van der Waals surface area contributed by atoms with Gasteiger partial charge in [-0.15, -0.1) is 0 Å². The van der Waals surface area contributed by atoms with Gasteiger partial charge in [0.15, 0.2) is 0 Å².